The number of nitrogens with zero attached hydrogens (tertiary/aromatic N) is 1. The third kappa shape index (κ3) is 1.85. The molecule has 0 fully saturated rings. The summed E-state index contributed by atoms with van der Waals surface area (Å²) in [6.07, 6.45) is 1.59. The highest BCUT2D eigenvalue weighted by molar-refractivity contribution is 6.53. The molecule has 11 heavy (non-hydrogen) atoms. The highest BCUT2D eigenvalue weighted by Crippen LogP contribution is 2.22. The molecule has 0 spiro atoms. The van der Waals surface area contributed by atoms with Gasteiger partial charge in [0, 0.05) is 17.3 Å². The van der Waals surface area contributed by atoms with Crippen LogP contribution in [0.4, 0.5) is 5.82 Å². The molecule has 58 valence electrons. The van der Waals surface area contributed by atoms with Gasteiger partial charge >= 0.3 is 0 Å². The van der Waals surface area contributed by atoms with Gasteiger partial charge in [-0.05, 0) is 12.1 Å². The van der Waals surface area contributed by atoms with E-state index in [1.807, 2.05) is 0 Å². The van der Waals surface area contributed by atoms with Crippen LogP contribution < -0.4 is 5.73 Å². The van der Waals surface area contributed by atoms with E-state index in [0.717, 1.165) is 0 Å². The molecule has 2 nitrogen and oxygen atoms in total. The van der Waals surface area contributed by atoms with Crippen molar-refractivity contribution >= 4 is 34.1 Å². The Hall–Kier alpha value is -0.730. The normalized spacial score (nSPS) is 11.6. The van der Waals surface area contributed by atoms with Gasteiger partial charge in [0.2, 0.25) is 0 Å². The number of pyridine rings is 1. The highest BCUT2D eigenvalue weighted by Gasteiger charge is 2.01. The van der Waals surface area contributed by atoms with E-state index in [1.165, 1.54) is 5.54 Å². The van der Waals surface area contributed by atoms with Gasteiger partial charge in [-0.15, -0.1) is 0 Å². The van der Waals surface area contributed by atoms with Crippen LogP contribution in [0.3, 0.4) is 0 Å². The molecule has 0 radical (unpaired) electrons. The zero-order valence-electron chi connectivity index (χ0n) is 5.59. The molecule has 1 aromatic heterocycles. The van der Waals surface area contributed by atoms with E-state index < -0.39 is 0 Å². The molecule has 0 aliphatic heterocycles. The number of hydrogen-bond acceptors (Lipinski definition) is 2. The Morgan fingerprint density at radius 3 is 2.91 bits per heavy atom. The molecule has 0 unspecified atom stereocenters. The van der Waals surface area contributed by atoms with Crippen LogP contribution in [-0.4, -0.2) is 4.98 Å². The fraction of sp³-hybridized carbons (Fsp3) is 0. The van der Waals surface area contributed by atoms with E-state index in [1.54, 1.807) is 18.3 Å². The van der Waals surface area contributed by atoms with Gasteiger partial charge in [0.05, 0.1) is 5.03 Å². The van der Waals surface area contributed by atoms with E-state index in [0.29, 0.717) is 16.4 Å². The number of nitrogens with two attached hydrogens (primary N) is 1. The van der Waals surface area contributed by atoms with E-state index in [9.17, 15) is 0 Å². The Morgan fingerprint density at radius 1 is 1.64 bits per heavy atom. The Labute approximate surface area is 74.6 Å². The molecule has 0 bridgehead atoms. The predicted octanol–water partition coefficient (Wildman–Crippen LogP) is 2.44. The maximum atomic E-state index is 5.71. The van der Waals surface area contributed by atoms with Crippen LogP contribution in [0.5, 0.6) is 0 Å². The van der Waals surface area contributed by atoms with Crippen molar-refractivity contribution < 1.29 is 0 Å². The second-order valence-electron chi connectivity index (χ2n) is 1.89. The van der Waals surface area contributed by atoms with Crippen molar-refractivity contribution in [1.82, 2.24) is 4.98 Å². The van der Waals surface area contributed by atoms with Gasteiger partial charge in [-0.3, -0.25) is 0 Å². The fourth-order valence-electron chi connectivity index (χ4n) is 0.678. The predicted molar refractivity (Wildman–Crippen MR) is 48.3 cm³/mol. The van der Waals surface area contributed by atoms with Crippen LogP contribution in [0.1, 0.15) is 5.56 Å². The molecule has 4 heteroatoms. The van der Waals surface area contributed by atoms with Crippen molar-refractivity contribution in [3.05, 3.63) is 29.4 Å². The third-order valence-corrected chi connectivity index (χ3v) is 1.83. The minimum Gasteiger partial charge on any atom is -0.383 e. The van der Waals surface area contributed by atoms with Crippen LogP contribution in [0.25, 0.3) is 5.03 Å². The summed E-state index contributed by atoms with van der Waals surface area (Å²) in [6.45, 7) is 0. The van der Waals surface area contributed by atoms with Crippen LogP contribution in [0.2, 0.25) is 0 Å². The van der Waals surface area contributed by atoms with Crippen molar-refractivity contribution in [1.29, 1.82) is 0 Å². The fourth-order valence-corrected chi connectivity index (χ4v) is 0.956. The zero-order valence-corrected chi connectivity index (χ0v) is 7.10. The van der Waals surface area contributed by atoms with Crippen LogP contribution >= 0.6 is 23.2 Å². The van der Waals surface area contributed by atoms with Crippen molar-refractivity contribution in [3.8, 4) is 0 Å². The lowest BCUT2D eigenvalue weighted by Crippen LogP contribution is -1.93. The van der Waals surface area contributed by atoms with Crippen LogP contribution in [0.15, 0.2) is 23.9 Å². The number of nitrogen functional groups attached to an aromatic ring is 1. The van der Waals surface area contributed by atoms with Gasteiger partial charge in [-0.25, -0.2) is 4.98 Å². The summed E-state index contributed by atoms with van der Waals surface area (Å²) in [5.41, 5.74) is 7.42. The second-order valence-corrected chi connectivity index (χ2v) is 2.52. The third-order valence-electron chi connectivity index (χ3n) is 1.19. The number of halogens is 2. The number of anilines is 1. The Bertz CT molecular complexity index is 284. The quantitative estimate of drug-likeness (QED) is 0.736. The summed E-state index contributed by atoms with van der Waals surface area (Å²) in [5.74, 6) is 0.384. The summed E-state index contributed by atoms with van der Waals surface area (Å²) in [4.78, 5) is 3.84. The lowest BCUT2D eigenvalue weighted by molar-refractivity contribution is 1.32. The molecule has 1 aromatic rings. The zero-order chi connectivity index (χ0) is 8.27. The molecule has 0 saturated heterocycles. The molecule has 1 heterocycles. The van der Waals surface area contributed by atoms with Gasteiger partial charge in [-0.1, -0.05) is 23.2 Å². The van der Waals surface area contributed by atoms with E-state index in [2.05, 4.69) is 4.98 Å². The topological polar surface area (TPSA) is 38.9 Å². The van der Waals surface area contributed by atoms with E-state index in [-0.39, 0.29) is 0 Å². The second kappa shape index (κ2) is 3.60. The summed E-state index contributed by atoms with van der Waals surface area (Å²) >= 11 is 11.1. The molecule has 1 rings (SSSR count). The summed E-state index contributed by atoms with van der Waals surface area (Å²) < 4.78 is 0. The maximum Gasteiger partial charge on any atom is 0.132 e. The Kier molecular flexibility index (Phi) is 2.74. The maximum absolute atomic E-state index is 5.71. The lowest BCUT2D eigenvalue weighted by Gasteiger charge is -1.99. The number of rotatable bonds is 1. The van der Waals surface area contributed by atoms with E-state index >= 15 is 0 Å². The largest absolute Gasteiger partial charge is 0.383 e. The van der Waals surface area contributed by atoms with Gasteiger partial charge < -0.3 is 5.73 Å². The number of hydrogen-bond donors (Lipinski definition) is 1. The van der Waals surface area contributed by atoms with Crippen molar-refractivity contribution in [2.24, 2.45) is 0 Å². The minimum atomic E-state index is 0.384. The summed E-state index contributed by atoms with van der Waals surface area (Å²) in [5, 5.41) is 0.400. The van der Waals surface area contributed by atoms with Crippen LogP contribution in [0, 0.1) is 0 Å². The van der Waals surface area contributed by atoms with Crippen LogP contribution in [-0.2, 0) is 0 Å². The Balaban J connectivity index is 3.14. The van der Waals surface area contributed by atoms with Gasteiger partial charge in [0.15, 0.2) is 0 Å². The van der Waals surface area contributed by atoms with Gasteiger partial charge in [0.1, 0.15) is 5.82 Å². The van der Waals surface area contributed by atoms with Gasteiger partial charge in [0.25, 0.3) is 0 Å². The molecule has 2 N–H and O–H groups in total. The van der Waals surface area contributed by atoms with Crippen molar-refractivity contribution in [2.45, 2.75) is 0 Å². The monoisotopic (exact) mass is 188 g/mol. The van der Waals surface area contributed by atoms with E-state index in [4.69, 9.17) is 28.9 Å². The Morgan fingerprint density at radius 2 is 2.36 bits per heavy atom. The average molecular weight is 189 g/mol. The molecule has 0 aliphatic carbocycles. The minimum absolute atomic E-state index is 0.384. The SMILES string of the molecule is Nc1ncccc1/C(Cl)=C/Cl. The van der Waals surface area contributed by atoms with Gasteiger partial charge in [-0.2, -0.15) is 0 Å². The average Bonchev–Trinajstić information content (AvgIpc) is 2.04. The molecular formula is C7H6Cl2N2. The van der Waals surface area contributed by atoms with Crippen molar-refractivity contribution in [2.75, 3.05) is 5.73 Å². The summed E-state index contributed by atoms with van der Waals surface area (Å²) in [6, 6.07) is 3.50. The first-order valence-corrected chi connectivity index (χ1v) is 3.74. The molecule has 0 aliphatic rings. The highest BCUT2D eigenvalue weighted by atomic mass is 35.5. The standard InChI is InChI=1S/C7H6Cl2N2/c8-4-6(9)5-2-1-3-11-7(5)10/h1-4H,(H2,10,11)/b6-4-. The number of aromatic nitrogens is 1. The molecular weight excluding hydrogens is 183 g/mol. The summed E-state index contributed by atoms with van der Waals surface area (Å²) in [7, 11) is 0. The molecule has 0 saturated carbocycles. The smallest absolute Gasteiger partial charge is 0.132 e. The lowest BCUT2D eigenvalue weighted by atomic mass is 10.2. The molecule has 0 aromatic carbocycles. The first-order valence-electron chi connectivity index (χ1n) is 2.92. The first-order chi connectivity index (χ1) is 5.25. The molecule has 0 atom stereocenters. The first kappa shape index (κ1) is 8.37. The van der Waals surface area contributed by atoms with Crippen molar-refractivity contribution in [3.63, 3.8) is 0 Å². The molecule has 0 amide bonds.